The van der Waals surface area contributed by atoms with E-state index in [0.29, 0.717) is 84.5 Å². The van der Waals surface area contributed by atoms with E-state index in [1.54, 1.807) is 21.9 Å². The number of anilines is 1. The fraction of sp³-hybridized carbons (Fsp3) is 0.650. The van der Waals surface area contributed by atoms with Crippen molar-refractivity contribution >= 4 is 27.7 Å². The Bertz CT molecular complexity index is 918. The molecule has 2 amide bonds. The number of sulfonamides is 1. The Morgan fingerprint density at radius 3 is 2.00 bits per heavy atom. The topological polar surface area (TPSA) is 107 Å². The number of hydrogen-bond acceptors (Lipinski definition) is 8. The molecule has 176 valence electrons. The average molecular weight is 467 g/mol. The largest absolute Gasteiger partial charge is 0.378 e. The van der Waals surface area contributed by atoms with Crippen LogP contribution in [0.5, 0.6) is 0 Å². The summed E-state index contributed by atoms with van der Waals surface area (Å²) >= 11 is 0. The van der Waals surface area contributed by atoms with Gasteiger partial charge < -0.3 is 24.3 Å². The highest BCUT2D eigenvalue weighted by molar-refractivity contribution is 7.89. The van der Waals surface area contributed by atoms with Gasteiger partial charge in [0.2, 0.25) is 10.0 Å². The molecule has 0 spiro atoms. The van der Waals surface area contributed by atoms with E-state index in [1.807, 2.05) is 11.9 Å². The first-order valence-corrected chi connectivity index (χ1v) is 12.4. The Kier molecular flexibility index (Phi) is 6.93. The van der Waals surface area contributed by atoms with Crippen molar-refractivity contribution in [1.29, 1.82) is 0 Å². The summed E-state index contributed by atoms with van der Waals surface area (Å²) in [5.41, 5.74) is 0. The molecule has 3 aliphatic rings. The third-order valence-electron chi connectivity index (χ3n) is 6.19. The maximum Gasteiger partial charge on any atom is 0.312 e. The van der Waals surface area contributed by atoms with Crippen molar-refractivity contribution in [2.24, 2.45) is 0 Å². The molecule has 11 nitrogen and oxygen atoms in total. The lowest BCUT2D eigenvalue weighted by atomic mass is 10.2. The normalized spacial score (nSPS) is 21.6. The number of pyridine rings is 1. The molecule has 0 aromatic carbocycles. The zero-order valence-electron chi connectivity index (χ0n) is 18.4. The SMILES string of the molecule is CN1CCN(S(=O)(=O)c2ccc(N3CCN(C(=O)C(=O)N4CCOCC4)CC3)nc2)CC1. The van der Waals surface area contributed by atoms with Crippen LogP contribution in [-0.2, 0) is 24.3 Å². The molecule has 32 heavy (non-hydrogen) atoms. The lowest BCUT2D eigenvalue weighted by Gasteiger charge is -2.36. The third kappa shape index (κ3) is 4.87. The summed E-state index contributed by atoms with van der Waals surface area (Å²) in [7, 11) is -1.57. The average Bonchev–Trinajstić information content (AvgIpc) is 2.84. The number of rotatable bonds is 3. The molecule has 0 N–H and O–H groups in total. The zero-order valence-corrected chi connectivity index (χ0v) is 19.2. The molecule has 3 aliphatic heterocycles. The van der Waals surface area contributed by atoms with Gasteiger partial charge in [-0.2, -0.15) is 4.31 Å². The van der Waals surface area contributed by atoms with Crippen LogP contribution >= 0.6 is 0 Å². The zero-order chi connectivity index (χ0) is 22.7. The number of amides is 2. The van der Waals surface area contributed by atoms with Gasteiger partial charge >= 0.3 is 11.8 Å². The first-order valence-electron chi connectivity index (χ1n) is 10.9. The molecule has 0 unspecified atom stereocenters. The number of aromatic nitrogens is 1. The van der Waals surface area contributed by atoms with E-state index < -0.39 is 21.8 Å². The van der Waals surface area contributed by atoms with E-state index in [2.05, 4.69) is 9.88 Å². The number of ether oxygens (including phenoxy) is 1. The number of carbonyl (C=O) groups is 2. The Morgan fingerprint density at radius 1 is 0.844 bits per heavy atom. The lowest BCUT2D eigenvalue weighted by molar-refractivity contribution is -0.154. The summed E-state index contributed by atoms with van der Waals surface area (Å²) in [5.74, 6) is -0.291. The highest BCUT2D eigenvalue weighted by Crippen LogP contribution is 2.20. The van der Waals surface area contributed by atoms with E-state index in [9.17, 15) is 18.0 Å². The summed E-state index contributed by atoms with van der Waals surface area (Å²) in [6.07, 6.45) is 1.41. The highest BCUT2D eigenvalue weighted by atomic mass is 32.2. The van der Waals surface area contributed by atoms with Crippen LogP contribution in [0, 0.1) is 0 Å². The standard InChI is InChI=1S/C20H30N6O5S/c1-22-4-10-26(11-5-22)32(29,30)17-2-3-18(21-16-17)23-6-8-24(9-7-23)19(27)20(28)25-12-14-31-15-13-25/h2-3,16H,4-15H2,1H3. The molecule has 0 bridgehead atoms. The van der Waals surface area contributed by atoms with Crippen molar-refractivity contribution in [3.63, 3.8) is 0 Å². The minimum Gasteiger partial charge on any atom is -0.378 e. The molecule has 0 radical (unpaired) electrons. The molecule has 4 rings (SSSR count). The van der Waals surface area contributed by atoms with Crippen molar-refractivity contribution in [3.05, 3.63) is 18.3 Å². The Balaban J connectivity index is 1.33. The summed E-state index contributed by atoms with van der Waals surface area (Å²) in [4.78, 5) is 36.7. The van der Waals surface area contributed by atoms with E-state index in [1.165, 1.54) is 10.5 Å². The van der Waals surface area contributed by atoms with Crippen molar-refractivity contribution < 1.29 is 22.7 Å². The number of likely N-dealkylation sites (N-methyl/N-ethyl adjacent to an activating group) is 1. The fourth-order valence-electron chi connectivity index (χ4n) is 4.07. The second-order valence-corrected chi connectivity index (χ2v) is 10.2. The minimum absolute atomic E-state index is 0.190. The molecule has 1 aromatic heterocycles. The quantitative estimate of drug-likeness (QED) is 0.497. The molecule has 3 saturated heterocycles. The molecule has 12 heteroatoms. The van der Waals surface area contributed by atoms with Crippen LogP contribution < -0.4 is 4.90 Å². The first kappa shape index (κ1) is 22.9. The monoisotopic (exact) mass is 466 g/mol. The van der Waals surface area contributed by atoms with Gasteiger partial charge in [0.25, 0.3) is 0 Å². The van der Waals surface area contributed by atoms with Gasteiger partial charge in [-0.25, -0.2) is 13.4 Å². The molecule has 0 atom stereocenters. The third-order valence-corrected chi connectivity index (χ3v) is 8.08. The molecule has 0 saturated carbocycles. The summed E-state index contributed by atoms with van der Waals surface area (Å²) in [5, 5.41) is 0. The predicted molar refractivity (Wildman–Crippen MR) is 117 cm³/mol. The van der Waals surface area contributed by atoms with Gasteiger partial charge in [0.05, 0.1) is 13.2 Å². The van der Waals surface area contributed by atoms with E-state index in [4.69, 9.17) is 4.74 Å². The van der Waals surface area contributed by atoms with Crippen LogP contribution in [0.25, 0.3) is 0 Å². The molecule has 4 heterocycles. The second-order valence-electron chi connectivity index (χ2n) is 8.24. The summed E-state index contributed by atoms with van der Waals surface area (Å²) in [6, 6.07) is 3.30. The molecule has 0 aliphatic carbocycles. The maximum atomic E-state index is 12.9. The summed E-state index contributed by atoms with van der Waals surface area (Å²) < 4.78 is 32.5. The van der Waals surface area contributed by atoms with Gasteiger partial charge in [0.15, 0.2) is 0 Å². The number of nitrogens with zero attached hydrogens (tertiary/aromatic N) is 6. The smallest absolute Gasteiger partial charge is 0.312 e. The number of carbonyl (C=O) groups excluding carboxylic acids is 2. The Hall–Kier alpha value is -2.28. The van der Waals surface area contributed by atoms with Gasteiger partial charge in [-0.15, -0.1) is 0 Å². The molecular weight excluding hydrogens is 436 g/mol. The predicted octanol–water partition coefficient (Wildman–Crippen LogP) is -1.47. The molecule has 3 fully saturated rings. The van der Waals surface area contributed by atoms with E-state index in [0.717, 1.165) is 0 Å². The number of piperazine rings is 2. The van der Waals surface area contributed by atoms with Crippen LogP contribution in [0.3, 0.4) is 0 Å². The van der Waals surface area contributed by atoms with Crippen LogP contribution in [-0.4, -0.2) is 130 Å². The first-order chi connectivity index (χ1) is 15.4. The van der Waals surface area contributed by atoms with Crippen molar-refractivity contribution in [1.82, 2.24) is 24.0 Å². The van der Waals surface area contributed by atoms with Crippen molar-refractivity contribution in [2.45, 2.75) is 4.90 Å². The van der Waals surface area contributed by atoms with Gasteiger partial charge in [0, 0.05) is 71.6 Å². The second kappa shape index (κ2) is 9.69. The minimum atomic E-state index is -3.55. The van der Waals surface area contributed by atoms with Crippen molar-refractivity contribution in [2.75, 3.05) is 90.6 Å². The highest BCUT2D eigenvalue weighted by Gasteiger charge is 2.31. The number of hydrogen-bond donors (Lipinski definition) is 0. The number of morpholine rings is 1. The van der Waals surface area contributed by atoms with E-state index >= 15 is 0 Å². The van der Waals surface area contributed by atoms with Crippen LogP contribution in [0.15, 0.2) is 23.2 Å². The Morgan fingerprint density at radius 2 is 1.44 bits per heavy atom. The van der Waals surface area contributed by atoms with Crippen LogP contribution in [0.4, 0.5) is 5.82 Å². The van der Waals surface area contributed by atoms with Crippen LogP contribution in [0.2, 0.25) is 0 Å². The van der Waals surface area contributed by atoms with Gasteiger partial charge in [-0.1, -0.05) is 0 Å². The maximum absolute atomic E-state index is 12.9. The van der Waals surface area contributed by atoms with Gasteiger partial charge in [-0.3, -0.25) is 9.59 Å². The van der Waals surface area contributed by atoms with Crippen molar-refractivity contribution in [3.8, 4) is 0 Å². The van der Waals surface area contributed by atoms with E-state index in [-0.39, 0.29) is 4.90 Å². The summed E-state index contributed by atoms with van der Waals surface area (Å²) in [6.45, 7) is 6.05. The molecule has 1 aromatic rings. The molecular formula is C20H30N6O5S. The van der Waals surface area contributed by atoms with Crippen LogP contribution in [0.1, 0.15) is 0 Å². The Labute approximate surface area is 188 Å². The lowest BCUT2D eigenvalue weighted by Crippen LogP contribution is -2.54. The van der Waals surface area contributed by atoms with Gasteiger partial charge in [0.1, 0.15) is 10.7 Å². The fourth-order valence-corrected chi connectivity index (χ4v) is 5.43. The van der Waals surface area contributed by atoms with Gasteiger partial charge in [-0.05, 0) is 19.2 Å².